The maximum Gasteiger partial charge on any atom is 0.268 e. The molecule has 0 fully saturated rings. The molecule has 0 saturated heterocycles. The van der Waals surface area contributed by atoms with Crippen molar-refractivity contribution in [3.8, 4) is 22.4 Å². The molecule has 4 aromatic carbocycles. The first kappa shape index (κ1) is 20.6. The summed E-state index contributed by atoms with van der Waals surface area (Å²) in [4.78, 5) is 0.249. The van der Waals surface area contributed by atoms with Crippen molar-refractivity contribution in [3.05, 3.63) is 114 Å². The summed E-state index contributed by atoms with van der Waals surface area (Å²) in [5.74, 6) is 0. The van der Waals surface area contributed by atoms with Crippen molar-refractivity contribution >= 4 is 32.5 Å². The van der Waals surface area contributed by atoms with E-state index in [1.54, 1.807) is 24.3 Å². The van der Waals surface area contributed by atoms with Gasteiger partial charge in [-0.3, -0.25) is 0 Å². The van der Waals surface area contributed by atoms with E-state index in [2.05, 4.69) is 0 Å². The van der Waals surface area contributed by atoms with E-state index in [0.29, 0.717) is 16.2 Å². The molecule has 0 N–H and O–H groups in total. The van der Waals surface area contributed by atoms with Crippen molar-refractivity contribution in [2.24, 2.45) is 0 Å². The number of aryl methyl sites for hydroxylation is 1. The molecule has 32 heavy (non-hydrogen) atoms. The van der Waals surface area contributed by atoms with Crippen LogP contribution in [0.15, 0.2) is 108 Å². The number of nitrogens with zero attached hydrogens (tertiary/aromatic N) is 1. The molecule has 0 unspecified atom stereocenters. The summed E-state index contributed by atoms with van der Waals surface area (Å²) in [6, 6.07) is 31.8. The molecule has 5 heteroatoms. The van der Waals surface area contributed by atoms with Crippen LogP contribution >= 0.6 is 11.6 Å². The fourth-order valence-corrected chi connectivity index (χ4v) is 5.72. The highest BCUT2D eigenvalue weighted by atomic mass is 35.5. The summed E-state index contributed by atoms with van der Waals surface area (Å²) in [5.41, 5.74) is 4.86. The molecular formula is C27H20ClNO2S. The lowest BCUT2D eigenvalue weighted by Gasteiger charge is -2.14. The zero-order valence-corrected chi connectivity index (χ0v) is 18.9. The third-order valence-electron chi connectivity index (χ3n) is 5.57. The second-order valence-electron chi connectivity index (χ2n) is 7.70. The van der Waals surface area contributed by atoms with Crippen LogP contribution in [0.4, 0.5) is 0 Å². The molecular weight excluding hydrogens is 438 g/mol. The molecule has 0 radical (unpaired) electrons. The standard InChI is InChI=1S/C27H20ClNO2S/c1-19-11-17-23(18-12-19)32(30,31)29-25-10-6-5-9-24(25)26(20-7-3-2-4-8-20)27(29)21-13-15-22(28)16-14-21/h2-18H,1H3. The molecule has 0 bridgehead atoms. The molecule has 0 aliphatic carbocycles. The summed E-state index contributed by atoms with van der Waals surface area (Å²) in [5, 5.41) is 1.47. The number of para-hydroxylation sites is 1. The van der Waals surface area contributed by atoms with Crippen LogP contribution in [0.25, 0.3) is 33.3 Å². The van der Waals surface area contributed by atoms with E-state index >= 15 is 0 Å². The van der Waals surface area contributed by atoms with Gasteiger partial charge in [0.1, 0.15) is 0 Å². The van der Waals surface area contributed by atoms with Gasteiger partial charge in [0.2, 0.25) is 0 Å². The van der Waals surface area contributed by atoms with Gasteiger partial charge in [0, 0.05) is 21.5 Å². The molecule has 158 valence electrons. The summed E-state index contributed by atoms with van der Waals surface area (Å²) >= 11 is 6.15. The zero-order chi connectivity index (χ0) is 22.3. The van der Waals surface area contributed by atoms with Crippen molar-refractivity contribution in [2.75, 3.05) is 0 Å². The SMILES string of the molecule is Cc1ccc(S(=O)(=O)n2c(-c3ccc(Cl)cc3)c(-c3ccccc3)c3ccccc32)cc1. The third-order valence-corrected chi connectivity index (χ3v) is 7.55. The number of fused-ring (bicyclic) bond motifs is 1. The van der Waals surface area contributed by atoms with Gasteiger partial charge in [-0.25, -0.2) is 12.4 Å². The Balaban J connectivity index is 1.94. The highest BCUT2D eigenvalue weighted by molar-refractivity contribution is 7.90. The van der Waals surface area contributed by atoms with Crippen molar-refractivity contribution in [3.63, 3.8) is 0 Å². The molecule has 1 aromatic heterocycles. The minimum absolute atomic E-state index is 0.249. The van der Waals surface area contributed by atoms with Crippen LogP contribution in [0.5, 0.6) is 0 Å². The lowest BCUT2D eigenvalue weighted by molar-refractivity contribution is 0.589. The third kappa shape index (κ3) is 3.42. The summed E-state index contributed by atoms with van der Waals surface area (Å²) in [6.45, 7) is 1.94. The van der Waals surface area contributed by atoms with E-state index in [-0.39, 0.29) is 4.90 Å². The van der Waals surface area contributed by atoms with Gasteiger partial charge in [-0.1, -0.05) is 90.0 Å². The molecule has 3 nitrogen and oxygen atoms in total. The second kappa shape index (κ2) is 7.97. The van der Waals surface area contributed by atoms with Crippen molar-refractivity contribution in [1.82, 2.24) is 3.97 Å². The van der Waals surface area contributed by atoms with Gasteiger partial charge in [-0.2, -0.15) is 0 Å². The Morgan fingerprint density at radius 3 is 2.00 bits per heavy atom. The Hall–Kier alpha value is -3.34. The molecule has 5 aromatic rings. The Kier molecular flexibility index (Phi) is 5.12. The average Bonchev–Trinajstić information content (AvgIpc) is 3.16. The maximum atomic E-state index is 14.0. The molecule has 0 aliphatic rings. The normalized spacial score (nSPS) is 11.7. The average molecular weight is 458 g/mol. The quantitative estimate of drug-likeness (QED) is 0.287. The topological polar surface area (TPSA) is 39.1 Å². The van der Waals surface area contributed by atoms with Gasteiger partial charge in [-0.05, 0) is 42.8 Å². The molecule has 0 spiro atoms. The van der Waals surface area contributed by atoms with Gasteiger partial charge < -0.3 is 0 Å². The fraction of sp³-hybridized carbons (Fsp3) is 0.0370. The Labute approximate surface area is 192 Å². The van der Waals surface area contributed by atoms with E-state index in [1.807, 2.05) is 85.8 Å². The minimum atomic E-state index is -3.87. The number of aromatic nitrogens is 1. The molecule has 0 aliphatic heterocycles. The van der Waals surface area contributed by atoms with E-state index in [9.17, 15) is 8.42 Å². The van der Waals surface area contributed by atoms with E-state index in [0.717, 1.165) is 27.6 Å². The predicted molar refractivity (Wildman–Crippen MR) is 132 cm³/mol. The summed E-state index contributed by atoms with van der Waals surface area (Å²) in [7, 11) is -3.87. The van der Waals surface area contributed by atoms with Crippen LogP contribution in [-0.2, 0) is 10.0 Å². The molecule has 0 atom stereocenters. The van der Waals surface area contributed by atoms with Gasteiger partial charge in [-0.15, -0.1) is 0 Å². The maximum absolute atomic E-state index is 14.0. The first-order valence-electron chi connectivity index (χ1n) is 10.2. The monoisotopic (exact) mass is 457 g/mol. The number of hydrogen-bond donors (Lipinski definition) is 0. The largest absolute Gasteiger partial charge is 0.268 e. The van der Waals surface area contributed by atoms with Crippen molar-refractivity contribution in [2.45, 2.75) is 11.8 Å². The Bertz CT molecular complexity index is 1520. The molecule has 5 rings (SSSR count). The fourth-order valence-electron chi connectivity index (χ4n) is 4.04. The first-order valence-corrected chi connectivity index (χ1v) is 12.1. The van der Waals surface area contributed by atoms with Crippen LogP contribution in [0, 0.1) is 6.92 Å². The van der Waals surface area contributed by atoms with E-state index < -0.39 is 10.0 Å². The van der Waals surface area contributed by atoms with E-state index in [1.165, 1.54) is 3.97 Å². The first-order chi connectivity index (χ1) is 15.5. The number of benzene rings is 4. The molecule has 0 saturated carbocycles. The van der Waals surface area contributed by atoms with Crippen LogP contribution in [-0.4, -0.2) is 12.4 Å². The van der Waals surface area contributed by atoms with Gasteiger partial charge in [0.25, 0.3) is 10.0 Å². The van der Waals surface area contributed by atoms with Gasteiger partial charge >= 0.3 is 0 Å². The van der Waals surface area contributed by atoms with Gasteiger partial charge in [0.15, 0.2) is 0 Å². The lowest BCUT2D eigenvalue weighted by atomic mass is 9.98. The summed E-state index contributed by atoms with van der Waals surface area (Å²) in [6.07, 6.45) is 0. The van der Waals surface area contributed by atoms with Gasteiger partial charge in [0.05, 0.1) is 16.1 Å². The highest BCUT2D eigenvalue weighted by Gasteiger charge is 2.28. The number of hydrogen-bond acceptors (Lipinski definition) is 2. The lowest BCUT2D eigenvalue weighted by Crippen LogP contribution is -2.14. The molecule has 0 amide bonds. The second-order valence-corrected chi connectivity index (χ2v) is 9.92. The van der Waals surface area contributed by atoms with Crippen LogP contribution in [0.2, 0.25) is 5.02 Å². The summed E-state index contributed by atoms with van der Waals surface area (Å²) < 4.78 is 29.5. The van der Waals surface area contributed by atoms with E-state index in [4.69, 9.17) is 11.6 Å². The highest BCUT2D eigenvalue weighted by Crippen LogP contribution is 2.43. The van der Waals surface area contributed by atoms with Crippen molar-refractivity contribution < 1.29 is 8.42 Å². The van der Waals surface area contributed by atoms with Crippen molar-refractivity contribution in [1.29, 1.82) is 0 Å². The number of rotatable bonds is 4. The van der Waals surface area contributed by atoms with Crippen LogP contribution in [0.3, 0.4) is 0 Å². The molecule has 1 heterocycles. The van der Waals surface area contributed by atoms with Crippen LogP contribution < -0.4 is 0 Å². The minimum Gasteiger partial charge on any atom is -0.233 e. The smallest absolute Gasteiger partial charge is 0.233 e. The van der Waals surface area contributed by atoms with Crippen LogP contribution in [0.1, 0.15) is 5.56 Å². The number of halogens is 1. The predicted octanol–water partition coefficient (Wildman–Crippen LogP) is 7.17. The Morgan fingerprint density at radius 2 is 1.31 bits per heavy atom. The Morgan fingerprint density at radius 1 is 0.688 bits per heavy atom. The zero-order valence-electron chi connectivity index (χ0n) is 17.4.